The van der Waals surface area contributed by atoms with Crippen molar-refractivity contribution in [1.29, 1.82) is 0 Å². The van der Waals surface area contributed by atoms with Crippen molar-refractivity contribution in [3.8, 4) is 0 Å². The Morgan fingerprint density at radius 3 is 2.50 bits per heavy atom. The van der Waals surface area contributed by atoms with E-state index in [0.717, 1.165) is 13.1 Å². The quantitative estimate of drug-likeness (QED) is 0.742. The summed E-state index contributed by atoms with van der Waals surface area (Å²) in [6, 6.07) is 0. The van der Waals surface area contributed by atoms with Gasteiger partial charge in [0, 0.05) is 13.1 Å². The molecule has 0 radical (unpaired) electrons. The second kappa shape index (κ2) is 7.87. The number of hydrogen-bond donors (Lipinski definition) is 1. The summed E-state index contributed by atoms with van der Waals surface area (Å²) in [5, 5.41) is 11.5. The molecule has 0 aliphatic rings. The number of nitrogens with zero attached hydrogens (tertiary/aromatic N) is 3. The van der Waals surface area contributed by atoms with Gasteiger partial charge in [-0.25, -0.2) is 0 Å². The van der Waals surface area contributed by atoms with E-state index in [2.05, 4.69) is 29.4 Å². The molecule has 0 amide bonds. The second-order valence-electron chi connectivity index (χ2n) is 5.09. The highest BCUT2D eigenvalue weighted by molar-refractivity contribution is 5.77. The second-order valence-corrected chi connectivity index (χ2v) is 5.09. The predicted octanol–water partition coefficient (Wildman–Crippen LogP) is 2.42. The molecular weight excluding hydrogens is 256 g/mol. The molecule has 1 N–H and O–H groups in total. The van der Waals surface area contributed by atoms with Gasteiger partial charge in [-0.1, -0.05) is 13.8 Å². The zero-order chi connectivity index (χ0) is 15.1. The van der Waals surface area contributed by atoms with E-state index in [4.69, 9.17) is 4.74 Å². The van der Waals surface area contributed by atoms with E-state index in [1.54, 1.807) is 0 Å². The third-order valence-electron chi connectivity index (χ3n) is 3.02. The monoisotopic (exact) mass is 282 g/mol. The fourth-order valence-electron chi connectivity index (χ4n) is 2.19. The number of aromatic nitrogens is 3. The third kappa shape index (κ3) is 3.95. The van der Waals surface area contributed by atoms with Crippen molar-refractivity contribution >= 4 is 11.9 Å². The lowest BCUT2D eigenvalue weighted by Gasteiger charge is -2.18. The van der Waals surface area contributed by atoms with Gasteiger partial charge in [-0.15, -0.1) is 10.2 Å². The molecule has 0 spiro atoms. The first-order valence-corrected chi connectivity index (χ1v) is 7.38. The van der Waals surface area contributed by atoms with Gasteiger partial charge in [0.25, 0.3) is 0 Å². The van der Waals surface area contributed by atoms with E-state index in [1.807, 2.05) is 25.3 Å². The van der Waals surface area contributed by atoms with E-state index < -0.39 is 0 Å². The number of carbonyl (C=O) groups is 1. The molecule has 0 aromatic carbocycles. The number of anilines is 1. The van der Waals surface area contributed by atoms with Crippen molar-refractivity contribution in [2.24, 2.45) is 5.92 Å². The Morgan fingerprint density at radius 2 is 2.00 bits per heavy atom. The van der Waals surface area contributed by atoms with Gasteiger partial charge in [0.15, 0.2) is 0 Å². The molecule has 6 heteroatoms. The molecule has 0 bridgehead atoms. The smallest absolute Gasteiger partial charge is 0.316 e. The largest absolute Gasteiger partial charge is 0.465 e. The van der Waals surface area contributed by atoms with Gasteiger partial charge >= 0.3 is 5.97 Å². The van der Waals surface area contributed by atoms with Crippen LogP contribution in [0.25, 0.3) is 0 Å². The van der Waals surface area contributed by atoms with Crippen LogP contribution >= 0.6 is 0 Å². The predicted molar refractivity (Wildman–Crippen MR) is 78.7 cm³/mol. The SMILES string of the molecule is CCNc1nnc(C(CC(C)C)C(=O)OCC)n1CC. The van der Waals surface area contributed by atoms with Gasteiger partial charge in [0.05, 0.1) is 6.61 Å². The lowest BCUT2D eigenvalue weighted by Crippen LogP contribution is -2.22. The summed E-state index contributed by atoms with van der Waals surface area (Å²) in [6.45, 7) is 11.9. The fraction of sp³-hybridized carbons (Fsp3) is 0.786. The molecule has 1 rings (SSSR count). The van der Waals surface area contributed by atoms with E-state index in [1.165, 1.54) is 0 Å². The van der Waals surface area contributed by atoms with Crippen LogP contribution in [0.2, 0.25) is 0 Å². The van der Waals surface area contributed by atoms with Crippen LogP contribution in [-0.4, -0.2) is 33.9 Å². The maximum Gasteiger partial charge on any atom is 0.316 e. The Kier molecular flexibility index (Phi) is 6.48. The molecule has 114 valence electrons. The molecule has 0 fully saturated rings. The average molecular weight is 282 g/mol. The molecule has 0 saturated heterocycles. The van der Waals surface area contributed by atoms with Crippen molar-refractivity contribution in [3.63, 3.8) is 0 Å². The summed E-state index contributed by atoms with van der Waals surface area (Å²) < 4.78 is 7.14. The third-order valence-corrected chi connectivity index (χ3v) is 3.02. The van der Waals surface area contributed by atoms with E-state index in [9.17, 15) is 4.79 Å². The minimum Gasteiger partial charge on any atom is -0.465 e. The van der Waals surface area contributed by atoms with E-state index in [-0.39, 0.29) is 11.9 Å². The summed E-state index contributed by atoms with van der Waals surface area (Å²) in [6.07, 6.45) is 0.711. The first-order valence-electron chi connectivity index (χ1n) is 7.38. The molecule has 20 heavy (non-hydrogen) atoms. The van der Waals surface area contributed by atoms with Crippen molar-refractivity contribution in [2.75, 3.05) is 18.5 Å². The van der Waals surface area contributed by atoms with Gasteiger partial charge in [-0.2, -0.15) is 0 Å². The highest BCUT2D eigenvalue weighted by atomic mass is 16.5. The molecule has 1 aromatic rings. The van der Waals surface area contributed by atoms with Crippen molar-refractivity contribution in [3.05, 3.63) is 5.82 Å². The molecule has 6 nitrogen and oxygen atoms in total. The standard InChI is InChI=1S/C14H26N4O2/c1-6-15-14-17-16-12(18(14)7-2)11(9-10(4)5)13(19)20-8-3/h10-11H,6-9H2,1-5H3,(H,15,17). The van der Waals surface area contributed by atoms with Crippen molar-refractivity contribution < 1.29 is 9.53 Å². The highest BCUT2D eigenvalue weighted by Gasteiger charge is 2.29. The molecule has 0 saturated carbocycles. The minimum atomic E-state index is -0.352. The van der Waals surface area contributed by atoms with Gasteiger partial charge in [-0.05, 0) is 33.1 Å². The first kappa shape index (κ1) is 16.5. The normalized spacial score (nSPS) is 12.5. The van der Waals surface area contributed by atoms with Crippen LogP contribution in [0.15, 0.2) is 0 Å². The summed E-state index contributed by atoms with van der Waals surface area (Å²) in [5.74, 6) is 1.22. The van der Waals surface area contributed by atoms with Crippen molar-refractivity contribution in [2.45, 2.75) is 53.5 Å². The molecule has 0 aliphatic heterocycles. The van der Waals surface area contributed by atoms with Crippen LogP contribution in [0.3, 0.4) is 0 Å². The van der Waals surface area contributed by atoms with E-state index >= 15 is 0 Å². The summed E-state index contributed by atoms with van der Waals surface area (Å²) in [5.41, 5.74) is 0. The summed E-state index contributed by atoms with van der Waals surface area (Å²) in [4.78, 5) is 12.2. The van der Waals surface area contributed by atoms with Gasteiger partial charge in [-0.3, -0.25) is 9.36 Å². The van der Waals surface area contributed by atoms with Gasteiger partial charge < -0.3 is 10.1 Å². The number of rotatable bonds is 8. The Hall–Kier alpha value is -1.59. The molecule has 1 atom stereocenters. The Balaban J connectivity index is 3.09. The van der Waals surface area contributed by atoms with Crippen LogP contribution in [0.4, 0.5) is 5.95 Å². The van der Waals surface area contributed by atoms with Crippen LogP contribution in [-0.2, 0) is 16.1 Å². The molecule has 1 aromatic heterocycles. The maximum absolute atomic E-state index is 12.2. The van der Waals surface area contributed by atoms with E-state index in [0.29, 0.717) is 30.7 Å². The number of carbonyl (C=O) groups excluding carboxylic acids is 1. The zero-order valence-electron chi connectivity index (χ0n) is 13.1. The number of nitrogens with one attached hydrogen (secondary N) is 1. The lowest BCUT2D eigenvalue weighted by atomic mass is 9.96. The topological polar surface area (TPSA) is 69.0 Å². The number of hydrogen-bond acceptors (Lipinski definition) is 5. The number of esters is 1. The number of ether oxygens (including phenoxy) is 1. The summed E-state index contributed by atoms with van der Waals surface area (Å²) in [7, 11) is 0. The van der Waals surface area contributed by atoms with Crippen LogP contribution in [0, 0.1) is 5.92 Å². The van der Waals surface area contributed by atoms with Gasteiger partial charge in [0.1, 0.15) is 11.7 Å². The zero-order valence-corrected chi connectivity index (χ0v) is 13.1. The molecule has 1 heterocycles. The lowest BCUT2D eigenvalue weighted by molar-refractivity contribution is -0.145. The Morgan fingerprint density at radius 1 is 1.30 bits per heavy atom. The van der Waals surface area contributed by atoms with Gasteiger partial charge in [0.2, 0.25) is 5.95 Å². The Bertz CT molecular complexity index is 429. The molecule has 1 unspecified atom stereocenters. The van der Waals surface area contributed by atoms with Crippen molar-refractivity contribution in [1.82, 2.24) is 14.8 Å². The molecular formula is C14H26N4O2. The van der Waals surface area contributed by atoms with Crippen LogP contribution in [0.5, 0.6) is 0 Å². The average Bonchev–Trinajstić information content (AvgIpc) is 2.79. The fourth-order valence-corrected chi connectivity index (χ4v) is 2.19. The van der Waals surface area contributed by atoms with Crippen LogP contribution < -0.4 is 5.32 Å². The summed E-state index contributed by atoms with van der Waals surface area (Å²) >= 11 is 0. The Labute approximate surface area is 120 Å². The minimum absolute atomic E-state index is 0.216. The first-order chi connectivity index (χ1) is 9.54. The van der Waals surface area contributed by atoms with Crippen LogP contribution in [0.1, 0.15) is 52.8 Å². The highest BCUT2D eigenvalue weighted by Crippen LogP contribution is 2.26. The maximum atomic E-state index is 12.2. The molecule has 0 aliphatic carbocycles.